The van der Waals surface area contributed by atoms with E-state index in [1.165, 1.54) is 0 Å². The minimum atomic E-state index is 0.0381. The lowest BCUT2D eigenvalue weighted by atomic mass is 9.97. The number of benzene rings is 3. The van der Waals surface area contributed by atoms with Crippen LogP contribution in [-0.2, 0) is 6.54 Å². The van der Waals surface area contributed by atoms with Crippen molar-refractivity contribution < 1.29 is 4.79 Å². The molecule has 3 heteroatoms. The molecule has 1 aliphatic rings. The van der Waals surface area contributed by atoms with Crippen molar-refractivity contribution >= 4 is 11.6 Å². The van der Waals surface area contributed by atoms with Gasteiger partial charge in [-0.15, -0.1) is 0 Å². The van der Waals surface area contributed by atoms with Crippen LogP contribution in [0.15, 0.2) is 66.7 Å². The van der Waals surface area contributed by atoms with Gasteiger partial charge in [-0.2, -0.15) is 5.26 Å². The van der Waals surface area contributed by atoms with Crippen LogP contribution >= 0.6 is 0 Å². The molecule has 25 heavy (non-hydrogen) atoms. The third-order valence-electron chi connectivity index (χ3n) is 4.67. The molecule has 0 radical (unpaired) electrons. The van der Waals surface area contributed by atoms with E-state index in [0.717, 1.165) is 33.5 Å². The fourth-order valence-electron chi connectivity index (χ4n) is 3.41. The molecule has 4 rings (SSSR count). The number of nitriles is 1. The topological polar surface area (TPSA) is 44.1 Å². The molecule has 0 saturated carbocycles. The average Bonchev–Trinajstić information content (AvgIpc) is 2.99. The summed E-state index contributed by atoms with van der Waals surface area (Å²) in [4.78, 5) is 14.7. The van der Waals surface area contributed by atoms with E-state index in [1.807, 2.05) is 78.6 Å². The molecule has 1 amide bonds. The van der Waals surface area contributed by atoms with E-state index >= 15 is 0 Å². The van der Waals surface area contributed by atoms with Crippen molar-refractivity contribution in [2.24, 2.45) is 0 Å². The van der Waals surface area contributed by atoms with Gasteiger partial charge in [0.15, 0.2) is 0 Å². The quantitative estimate of drug-likeness (QED) is 0.686. The Hall–Kier alpha value is -3.38. The summed E-state index contributed by atoms with van der Waals surface area (Å²) >= 11 is 0. The molecular formula is C22H16N2O. The maximum Gasteiger partial charge on any atom is 0.258 e. The fourth-order valence-corrected chi connectivity index (χ4v) is 3.41. The highest BCUT2D eigenvalue weighted by Crippen LogP contribution is 2.38. The molecule has 0 aliphatic carbocycles. The van der Waals surface area contributed by atoms with Gasteiger partial charge in [0.25, 0.3) is 5.91 Å². The maximum absolute atomic E-state index is 12.9. The van der Waals surface area contributed by atoms with Gasteiger partial charge in [0.05, 0.1) is 23.9 Å². The minimum Gasteiger partial charge on any atom is -0.303 e. The molecule has 1 heterocycles. The smallest absolute Gasteiger partial charge is 0.258 e. The normalized spacial score (nSPS) is 12.8. The zero-order valence-electron chi connectivity index (χ0n) is 13.9. The number of hydrogen-bond donors (Lipinski definition) is 0. The van der Waals surface area contributed by atoms with Gasteiger partial charge in [0.1, 0.15) is 0 Å². The first-order chi connectivity index (χ1) is 12.2. The van der Waals surface area contributed by atoms with Crippen LogP contribution in [0.5, 0.6) is 0 Å². The SMILES string of the molecule is Cc1cccc(N2Cc3ccccc3C2=O)c1-c1ccc(C#N)cc1. The summed E-state index contributed by atoms with van der Waals surface area (Å²) in [5.41, 5.74) is 6.51. The van der Waals surface area contributed by atoms with Gasteiger partial charge in [0, 0.05) is 11.1 Å². The number of amides is 1. The largest absolute Gasteiger partial charge is 0.303 e. The van der Waals surface area contributed by atoms with Gasteiger partial charge in [-0.05, 0) is 47.9 Å². The van der Waals surface area contributed by atoms with Gasteiger partial charge in [-0.3, -0.25) is 4.79 Å². The number of rotatable bonds is 2. The number of aryl methyl sites for hydroxylation is 1. The van der Waals surface area contributed by atoms with Crippen molar-refractivity contribution in [1.82, 2.24) is 0 Å². The predicted octanol–water partition coefficient (Wildman–Crippen LogP) is 4.69. The lowest BCUT2D eigenvalue weighted by Gasteiger charge is -2.21. The number of fused-ring (bicyclic) bond motifs is 1. The first kappa shape index (κ1) is 15.2. The Labute approximate surface area is 146 Å². The molecule has 0 atom stereocenters. The van der Waals surface area contributed by atoms with Crippen LogP contribution in [0.3, 0.4) is 0 Å². The van der Waals surface area contributed by atoms with E-state index in [2.05, 4.69) is 6.07 Å². The second kappa shape index (κ2) is 5.92. The number of carbonyl (C=O) groups excluding carboxylic acids is 1. The molecule has 0 spiro atoms. The summed E-state index contributed by atoms with van der Waals surface area (Å²) in [5.74, 6) is 0.0381. The Morgan fingerprint density at radius 1 is 0.960 bits per heavy atom. The van der Waals surface area contributed by atoms with E-state index in [-0.39, 0.29) is 5.91 Å². The number of carbonyl (C=O) groups is 1. The molecule has 3 nitrogen and oxygen atoms in total. The van der Waals surface area contributed by atoms with Gasteiger partial charge < -0.3 is 4.90 Å². The standard InChI is InChI=1S/C22H16N2O/c1-15-5-4-8-20(21(15)17-11-9-16(13-23)10-12-17)24-14-18-6-2-3-7-19(18)22(24)25/h2-12H,14H2,1H3. The molecule has 3 aromatic carbocycles. The van der Waals surface area contributed by atoms with Gasteiger partial charge in [-0.1, -0.05) is 42.5 Å². The number of anilines is 1. The van der Waals surface area contributed by atoms with Crippen molar-refractivity contribution in [3.05, 3.63) is 89.0 Å². The van der Waals surface area contributed by atoms with Crippen molar-refractivity contribution in [3.8, 4) is 17.2 Å². The Morgan fingerprint density at radius 3 is 2.44 bits per heavy atom. The van der Waals surface area contributed by atoms with E-state index in [9.17, 15) is 4.79 Å². The van der Waals surface area contributed by atoms with E-state index in [1.54, 1.807) is 0 Å². The second-order valence-corrected chi connectivity index (χ2v) is 6.21. The van der Waals surface area contributed by atoms with Gasteiger partial charge >= 0.3 is 0 Å². The first-order valence-corrected chi connectivity index (χ1v) is 8.19. The van der Waals surface area contributed by atoms with Crippen LogP contribution in [0, 0.1) is 18.3 Å². The van der Waals surface area contributed by atoms with Crippen LogP contribution in [0.4, 0.5) is 5.69 Å². The third-order valence-corrected chi connectivity index (χ3v) is 4.67. The summed E-state index contributed by atoms with van der Waals surface area (Å²) in [6.45, 7) is 2.63. The molecule has 1 aliphatic heterocycles. The molecule has 0 bridgehead atoms. The van der Waals surface area contributed by atoms with Crippen LogP contribution in [0.25, 0.3) is 11.1 Å². The van der Waals surface area contributed by atoms with Crippen LogP contribution in [-0.4, -0.2) is 5.91 Å². The Bertz CT molecular complexity index is 1010. The predicted molar refractivity (Wildman–Crippen MR) is 98.3 cm³/mol. The molecule has 3 aromatic rings. The summed E-state index contributed by atoms with van der Waals surface area (Å²) in [6, 6.07) is 23.4. The summed E-state index contributed by atoms with van der Waals surface area (Å²) in [5, 5.41) is 9.01. The van der Waals surface area contributed by atoms with Crippen LogP contribution in [0.1, 0.15) is 27.0 Å². The monoisotopic (exact) mass is 324 g/mol. The summed E-state index contributed by atoms with van der Waals surface area (Å²) in [6.07, 6.45) is 0. The molecule has 120 valence electrons. The Balaban J connectivity index is 1.83. The van der Waals surface area contributed by atoms with Crippen LogP contribution < -0.4 is 4.90 Å². The molecule has 0 aromatic heterocycles. The average molecular weight is 324 g/mol. The highest BCUT2D eigenvalue weighted by atomic mass is 16.2. The maximum atomic E-state index is 12.9. The van der Waals surface area contributed by atoms with Crippen molar-refractivity contribution in [3.63, 3.8) is 0 Å². The van der Waals surface area contributed by atoms with Gasteiger partial charge in [0.2, 0.25) is 0 Å². The lowest BCUT2D eigenvalue weighted by molar-refractivity contribution is 0.0996. The Kier molecular flexibility index (Phi) is 3.59. The highest BCUT2D eigenvalue weighted by Gasteiger charge is 2.29. The number of hydrogen-bond acceptors (Lipinski definition) is 2. The molecule has 0 N–H and O–H groups in total. The van der Waals surface area contributed by atoms with Gasteiger partial charge in [-0.25, -0.2) is 0 Å². The lowest BCUT2D eigenvalue weighted by Crippen LogP contribution is -2.23. The Morgan fingerprint density at radius 2 is 1.72 bits per heavy atom. The summed E-state index contributed by atoms with van der Waals surface area (Å²) in [7, 11) is 0. The van der Waals surface area contributed by atoms with Crippen LogP contribution in [0.2, 0.25) is 0 Å². The molecule has 0 saturated heterocycles. The minimum absolute atomic E-state index is 0.0381. The zero-order valence-corrected chi connectivity index (χ0v) is 13.9. The first-order valence-electron chi connectivity index (χ1n) is 8.19. The zero-order chi connectivity index (χ0) is 17.4. The fraction of sp³-hybridized carbons (Fsp3) is 0.0909. The molecule has 0 fully saturated rings. The van der Waals surface area contributed by atoms with Crippen molar-refractivity contribution in [1.29, 1.82) is 5.26 Å². The van der Waals surface area contributed by atoms with E-state index in [0.29, 0.717) is 12.1 Å². The van der Waals surface area contributed by atoms with E-state index in [4.69, 9.17) is 5.26 Å². The third kappa shape index (κ3) is 2.49. The molecule has 0 unspecified atom stereocenters. The van der Waals surface area contributed by atoms with Crippen molar-refractivity contribution in [2.75, 3.05) is 4.90 Å². The number of nitrogens with zero attached hydrogens (tertiary/aromatic N) is 2. The van der Waals surface area contributed by atoms with Crippen molar-refractivity contribution in [2.45, 2.75) is 13.5 Å². The second-order valence-electron chi connectivity index (χ2n) is 6.21. The molecular weight excluding hydrogens is 308 g/mol. The van der Waals surface area contributed by atoms with E-state index < -0.39 is 0 Å². The highest BCUT2D eigenvalue weighted by molar-refractivity contribution is 6.11. The summed E-state index contributed by atoms with van der Waals surface area (Å²) < 4.78 is 0.